The molecule has 7 heteroatoms. The van der Waals surface area contributed by atoms with Crippen LogP contribution in [0, 0.1) is 0 Å². The maximum atomic E-state index is 12.3. The van der Waals surface area contributed by atoms with Gasteiger partial charge in [-0.05, 0) is 49.3 Å². The topological polar surface area (TPSA) is 79.8 Å². The Balaban J connectivity index is 1.65. The van der Waals surface area contributed by atoms with Crippen molar-refractivity contribution in [1.82, 2.24) is 5.43 Å². The van der Waals surface area contributed by atoms with Crippen molar-refractivity contribution >= 4 is 34.6 Å². The van der Waals surface area contributed by atoms with E-state index in [9.17, 15) is 9.59 Å². The number of carbonyl (C=O) groups excluding carboxylic acids is 2. The molecular formula is C20H23N3O3S. The van der Waals surface area contributed by atoms with Crippen molar-refractivity contribution in [2.45, 2.75) is 39.5 Å². The molecule has 1 aliphatic carbocycles. The molecule has 27 heavy (non-hydrogen) atoms. The van der Waals surface area contributed by atoms with Crippen LogP contribution >= 0.6 is 11.3 Å². The van der Waals surface area contributed by atoms with E-state index in [4.69, 9.17) is 4.74 Å². The fourth-order valence-electron chi connectivity index (χ4n) is 3.05. The summed E-state index contributed by atoms with van der Waals surface area (Å²) in [6, 6.07) is 7.47. The molecule has 2 amide bonds. The van der Waals surface area contributed by atoms with Gasteiger partial charge >= 0.3 is 12.0 Å². The number of anilines is 1. The molecule has 0 bridgehead atoms. The van der Waals surface area contributed by atoms with Crippen molar-refractivity contribution in [2.24, 2.45) is 5.10 Å². The van der Waals surface area contributed by atoms with Crippen molar-refractivity contribution in [3.05, 3.63) is 51.4 Å². The zero-order valence-corrected chi connectivity index (χ0v) is 16.3. The second kappa shape index (κ2) is 8.81. The lowest BCUT2D eigenvalue weighted by molar-refractivity contribution is 0.0527. The van der Waals surface area contributed by atoms with Crippen LogP contribution in [0.1, 0.15) is 52.2 Å². The van der Waals surface area contributed by atoms with Gasteiger partial charge in [-0.2, -0.15) is 5.10 Å². The molecule has 0 radical (unpaired) electrons. The number of fused-ring (bicyclic) bond motifs is 1. The number of benzene rings is 1. The van der Waals surface area contributed by atoms with Crippen LogP contribution in [0.3, 0.4) is 0 Å². The van der Waals surface area contributed by atoms with E-state index in [-0.39, 0.29) is 5.97 Å². The van der Waals surface area contributed by atoms with Gasteiger partial charge in [0, 0.05) is 4.88 Å². The molecule has 1 heterocycles. The predicted octanol–water partition coefficient (Wildman–Crippen LogP) is 4.13. The quantitative estimate of drug-likeness (QED) is 0.446. The number of carbonyl (C=O) groups is 2. The Hall–Kier alpha value is -2.67. The van der Waals surface area contributed by atoms with Gasteiger partial charge in [0.25, 0.3) is 0 Å². The van der Waals surface area contributed by atoms with E-state index in [1.54, 1.807) is 13.1 Å². The maximum absolute atomic E-state index is 12.3. The standard InChI is InChI=1S/C20H23N3O3S/c1-3-13-8-10-14(11-9-13)12-21-23-20(25)22-18-17(19(24)26-4-2)15-6-5-7-16(15)27-18/h8-12H,3-7H2,1-2H3,(H2,22,23,25). The van der Waals surface area contributed by atoms with E-state index in [0.717, 1.165) is 41.7 Å². The minimum atomic E-state index is -0.484. The number of hydrogen-bond acceptors (Lipinski definition) is 5. The number of amides is 2. The molecular weight excluding hydrogens is 362 g/mol. The molecule has 0 atom stereocenters. The molecule has 0 saturated carbocycles. The van der Waals surface area contributed by atoms with Crippen LogP contribution in [-0.2, 0) is 24.0 Å². The first-order valence-corrected chi connectivity index (χ1v) is 9.94. The summed E-state index contributed by atoms with van der Waals surface area (Å²) in [4.78, 5) is 25.6. The van der Waals surface area contributed by atoms with Crippen LogP contribution in [0.15, 0.2) is 29.4 Å². The minimum absolute atomic E-state index is 0.302. The summed E-state index contributed by atoms with van der Waals surface area (Å²) in [5, 5.41) is 7.23. The average molecular weight is 385 g/mol. The summed E-state index contributed by atoms with van der Waals surface area (Å²) < 4.78 is 5.16. The van der Waals surface area contributed by atoms with Crippen molar-refractivity contribution in [1.29, 1.82) is 0 Å². The van der Waals surface area contributed by atoms with Gasteiger partial charge in [-0.1, -0.05) is 31.2 Å². The molecule has 6 nitrogen and oxygen atoms in total. The number of nitrogens with zero attached hydrogens (tertiary/aromatic N) is 1. The molecule has 1 aromatic carbocycles. The van der Waals surface area contributed by atoms with E-state index in [2.05, 4.69) is 22.8 Å². The summed E-state index contributed by atoms with van der Waals surface area (Å²) in [6.45, 7) is 4.17. The second-order valence-corrected chi connectivity index (χ2v) is 7.31. The molecule has 142 valence electrons. The van der Waals surface area contributed by atoms with Crippen LogP contribution in [0.5, 0.6) is 0 Å². The number of aryl methyl sites for hydroxylation is 2. The Morgan fingerprint density at radius 2 is 2.00 bits per heavy atom. The van der Waals surface area contributed by atoms with Gasteiger partial charge in [0.15, 0.2) is 0 Å². The number of rotatable bonds is 6. The van der Waals surface area contributed by atoms with E-state index in [0.29, 0.717) is 17.2 Å². The van der Waals surface area contributed by atoms with Crippen molar-refractivity contribution in [2.75, 3.05) is 11.9 Å². The normalized spacial score (nSPS) is 12.8. The monoisotopic (exact) mass is 385 g/mol. The molecule has 2 aromatic rings. The Bertz CT molecular complexity index is 856. The van der Waals surface area contributed by atoms with Crippen LogP contribution in [0.25, 0.3) is 0 Å². The Morgan fingerprint density at radius 3 is 2.70 bits per heavy atom. The van der Waals surface area contributed by atoms with Crippen molar-refractivity contribution < 1.29 is 14.3 Å². The number of hydrogen-bond donors (Lipinski definition) is 2. The highest BCUT2D eigenvalue weighted by Gasteiger charge is 2.28. The van der Waals surface area contributed by atoms with Crippen LogP contribution in [0.4, 0.5) is 9.80 Å². The number of urea groups is 1. The lowest BCUT2D eigenvalue weighted by Gasteiger charge is -2.07. The van der Waals surface area contributed by atoms with Gasteiger partial charge in [0.1, 0.15) is 5.00 Å². The number of nitrogens with one attached hydrogen (secondary N) is 2. The second-order valence-electron chi connectivity index (χ2n) is 6.20. The number of esters is 1. The minimum Gasteiger partial charge on any atom is -0.462 e. The van der Waals surface area contributed by atoms with E-state index in [1.807, 2.05) is 24.3 Å². The lowest BCUT2D eigenvalue weighted by atomic mass is 10.1. The smallest absolute Gasteiger partial charge is 0.341 e. The van der Waals surface area contributed by atoms with Gasteiger partial charge in [-0.15, -0.1) is 11.3 Å². The Labute approximate surface area is 162 Å². The van der Waals surface area contributed by atoms with E-state index >= 15 is 0 Å². The Morgan fingerprint density at radius 1 is 1.22 bits per heavy atom. The highest BCUT2D eigenvalue weighted by Crippen LogP contribution is 2.39. The third-order valence-corrected chi connectivity index (χ3v) is 5.60. The largest absolute Gasteiger partial charge is 0.462 e. The molecule has 0 saturated heterocycles. The first-order valence-electron chi connectivity index (χ1n) is 9.13. The molecule has 1 aliphatic rings. The average Bonchev–Trinajstić information content (AvgIpc) is 3.23. The summed E-state index contributed by atoms with van der Waals surface area (Å²) >= 11 is 1.44. The third-order valence-electron chi connectivity index (χ3n) is 4.40. The highest BCUT2D eigenvalue weighted by molar-refractivity contribution is 7.17. The summed E-state index contributed by atoms with van der Waals surface area (Å²) in [7, 11) is 0. The van der Waals surface area contributed by atoms with Gasteiger partial charge in [-0.3, -0.25) is 5.32 Å². The molecule has 3 rings (SSSR count). The van der Waals surface area contributed by atoms with Gasteiger partial charge in [0.2, 0.25) is 0 Å². The first kappa shape index (κ1) is 19.1. The van der Waals surface area contributed by atoms with Gasteiger partial charge < -0.3 is 4.74 Å². The number of ether oxygens (including phenoxy) is 1. The first-order chi connectivity index (χ1) is 13.1. The third kappa shape index (κ3) is 4.54. The van der Waals surface area contributed by atoms with Crippen molar-refractivity contribution in [3.8, 4) is 0 Å². The molecule has 0 spiro atoms. The molecule has 0 fully saturated rings. The maximum Gasteiger partial charge on any atom is 0.341 e. The highest BCUT2D eigenvalue weighted by atomic mass is 32.1. The summed E-state index contributed by atoms with van der Waals surface area (Å²) in [5.74, 6) is -0.383. The van der Waals surface area contributed by atoms with Gasteiger partial charge in [-0.25, -0.2) is 15.0 Å². The molecule has 2 N–H and O–H groups in total. The van der Waals surface area contributed by atoms with Crippen molar-refractivity contribution in [3.63, 3.8) is 0 Å². The SMILES string of the molecule is CCOC(=O)c1c(NC(=O)NN=Cc2ccc(CC)cc2)sc2c1CCC2. The molecule has 1 aromatic heterocycles. The lowest BCUT2D eigenvalue weighted by Crippen LogP contribution is -2.25. The molecule has 0 aliphatic heterocycles. The molecule has 0 unspecified atom stereocenters. The Kier molecular flexibility index (Phi) is 6.24. The number of thiophene rings is 1. The van der Waals surface area contributed by atoms with Crippen LogP contribution < -0.4 is 10.7 Å². The fourth-order valence-corrected chi connectivity index (χ4v) is 4.32. The zero-order chi connectivity index (χ0) is 19.2. The van der Waals surface area contributed by atoms with Crippen LogP contribution in [0.2, 0.25) is 0 Å². The van der Waals surface area contributed by atoms with E-state index in [1.165, 1.54) is 16.9 Å². The fraction of sp³-hybridized carbons (Fsp3) is 0.350. The summed E-state index contributed by atoms with van der Waals surface area (Å²) in [5.41, 5.74) is 6.09. The number of hydrazone groups is 1. The summed E-state index contributed by atoms with van der Waals surface area (Å²) in [6.07, 6.45) is 5.36. The van der Waals surface area contributed by atoms with Crippen LogP contribution in [-0.4, -0.2) is 24.8 Å². The zero-order valence-electron chi connectivity index (χ0n) is 15.5. The van der Waals surface area contributed by atoms with E-state index < -0.39 is 6.03 Å². The predicted molar refractivity (Wildman–Crippen MR) is 108 cm³/mol. The van der Waals surface area contributed by atoms with Gasteiger partial charge in [0.05, 0.1) is 18.4 Å².